The van der Waals surface area contributed by atoms with Crippen LogP contribution in [0.5, 0.6) is 0 Å². The fourth-order valence-electron chi connectivity index (χ4n) is 3.77. The summed E-state index contributed by atoms with van der Waals surface area (Å²) in [6.07, 6.45) is 3.77. The lowest BCUT2D eigenvalue weighted by atomic mass is 9.99. The van der Waals surface area contributed by atoms with Crippen LogP contribution < -0.4 is 9.88 Å². The zero-order chi connectivity index (χ0) is 19.2. The lowest BCUT2D eigenvalue weighted by Crippen LogP contribution is -2.50. The number of aryl methyl sites for hydroxylation is 2. The van der Waals surface area contributed by atoms with Gasteiger partial charge in [-0.2, -0.15) is 0 Å². The number of hydrogen-bond donors (Lipinski definition) is 0. The van der Waals surface area contributed by atoms with Crippen molar-refractivity contribution in [1.82, 2.24) is 4.90 Å². The van der Waals surface area contributed by atoms with Crippen molar-refractivity contribution in [1.29, 1.82) is 0 Å². The monoisotopic (exact) mass is 372 g/mol. The minimum atomic E-state index is 0.153. The molecule has 3 aromatic rings. The molecule has 0 saturated carbocycles. The van der Waals surface area contributed by atoms with Crippen molar-refractivity contribution in [3.63, 3.8) is 0 Å². The summed E-state index contributed by atoms with van der Waals surface area (Å²) in [6.45, 7) is 3.18. The van der Waals surface area contributed by atoms with E-state index in [1.165, 1.54) is 5.56 Å². The molecule has 1 fully saturated rings. The van der Waals surface area contributed by atoms with E-state index in [0.29, 0.717) is 0 Å². The topological polar surface area (TPSA) is 37.7 Å². The number of carbonyl (C=O) groups is 1. The smallest absolute Gasteiger partial charge is 0.274 e. The van der Waals surface area contributed by atoms with Crippen molar-refractivity contribution in [2.45, 2.75) is 12.8 Å². The summed E-state index contributed by atoms with van der Waals surface area (Å²) in [4.78, 5) is 20.7. The van der Waals surface area contributed by atoms with E-state index < -0.39 is 0 Å². The Morgan fingerprint density at radius 3 is 2.25 bits per heavy atom. The fourth-order valence-corrected chi connectivity index (χ4v) is 3.77. The molecule has 1 aliphatic heterocycles. The lowest BCUT2D eigenvalue weighted by molar-refractivity contribution is -0.364. The van der Waals surface area contributed by atoms with Crippen molar-refractivity contribution in [3.8, 4) is 0 Å². The number of amides is 1. The first kappa shape index (κ1) is 18.2. The van der Waals surface area contributed by atoms with E-state index in [1.807, 2.05) is 47.5 Å². The summed E-state index contributed by atoms with van der Waals surface area (Å²) in [6, 6.07) is 24.6. The Kier molecular flexibility index (Phi) is 5.66. The standard InChI is InChI=1S/C24H25N3O/c28-24(27-18-16-26(17-19-27)23-12-6-7-15-25-23)22-11-5-4-10-21(22)14-13-20-8-2-1-3-9-20/h1-12,15H,13-14,16-19H2/p+1. The maximum Gasteiger partial charge on any atom is 0.274 e. The molecule has 1 saturated heterocycles. The molecule has 0 aliphatic carbocycles. The van der Waals surface area contributed by atoms with E-state index in [0.717, 1.165) is 56.0 Å². The number of carbonyl (C=O) groups excluding carboxylic acids is 1. The van der Waals surface area contributed by atoms with Gasteiger partial charge in [0.25, 0.3) is 11.7 Å². The van der Waals surface area contributed by atoms with Crippen molar-refractivity contribution < 1.29 is 9.78 Å². The summed E-state index contributed by atoms with van der Waals surface area (Å²) in [5, 5.41) is 0. The highest BCUT2D eigenvalue weighted by Gasteiger charge is 2.27. The van der Waals surface area contributed by atoms with E-state index in [-0.39, 0.29) is 5.91 Å². The minimum absolute atomic E-state index is 0.153. The molecule has 0 atom stereocenters. The molecular formula is C24H26N3O+. The number of nitrogens with zero attached hydrogens (tertiary/aromatic N) is 2. The maximum atomic E-state index is 13.2. The zero-order valence-corrected chi connectivity index (χ0v) is 16.1. The molecule has 0 spiro atoms. The predicted molar refractivity (Wildman–Crippen MR) is 111 cm³/mol. The molecule has 4 heteroatoms. The van der Waals surface area contributed by atoms with Crippen LogP contribution in [0.2, 0.25) is 0 Å². The van der Waals surface area contributed by atoms with Gasteiger partial charge in [-0.1, -0.05) is 54.6 Å². The summed E-state index contributed by atoms with van der Waals surface area (Å²) in [7, 11) is 0. The van der Waals surface area contributed by atoms with E-state index in [4.69, 9.17) is 0 Å². The average molecular weight is 372 g/mol. The van der Waals surface area contributed by atoms with Gasteiger partial charge in [0.2, 0.25) is 0 Å². The number of anilines is 1. The van der Waals surface area contributed by atoms with Crippen LogP contribution >= 0.6 is 0 Å². The summed E-state index contributed by atoms with van der Waals surface area (Å²) in [5.74, 6) is 1.26. The van der Waals surface area contributed by atoms with Crippen LogP contribution in [0.15, 0.2) is 79.0 Å². The highest BCUT2D eigenvalue weighted by molar-refractivity contribution is 5.95. The second-order valence-corrected chi connectivity index (χ2v) is 7.17. The normalized spacial score (nSPS) is 14.1. The Balaban J connectivity index is 1.41. The maximum absolute atomic E-state index is 13.2. The summed E-state index contributed by atoms with van der Waals surface area (Å²) >= 11 is 0. The van der Waals surface area contributed by atoms with Gasteiger partial charge in [-0.05, 0) is 36.1 Å². The number of hydrogen-bond acceptors (Lipinski definition) is 2. The number of aromatic nitrogens is 1. The molecule has 1 aliphatic rings. The molecule has 28 heavy (non-hydrogen) atoms. The van der Waals surface area contributed by atoms with Gasteiger partial charge in [0, 0.05) is 11.6 Å². The van der Waals surface area contributed by atoms with Gasteiger partial charge in [0.1, 0.15) is 13.1 Å². The molecule has 2 heterocycles. The Morgan fingerprint density at radius 1 is 0.786 bits per heavy atom. The zero-order valence-electron chi connectivity index (χ0n) is 16.1. The van der Waals surface area contributed by atoms with Crippen LogP contribution in [-0.4, -0.2) is 37.0 Å². The number of benzene rings is 2. The second kappa shape index (κ2) is 8.70. The molecular weight excluding hydrogens is 346 g/mol. The highest BCUT2D eigenvalue weighted by atomic mass is 16.2. The minimum Gasteiger partial charge on any atom is -0.331 e. The molecule has 0 unspecified atom stereocenters. The van der Waals surface area contributed by atoms with E-state index in [9.17, 15) is 4.79 Å². The molecule has 0 radical (unpaired) electrons. The second-order valence-electron chi connectivity index (χ2n) is 7.17. The number of H-pyrrole nitrogens is 1. The molecule has 142 valence electrons. The number of rotatable bonds is 5. The Hall–Kier alpha value is -3.14. The third-order valence-electron chi connectivity index (χ3n) is 5.37. The quantitative estimate of drug-likeness (QED) is 0.689. The third kappa shape index (κ3) is 4.22. The van der Waals surface area contributed by atoms with Crippen LogP contribution in [0, 0.1) is 0 Å². The van der Waals surface area contributed by atoms with Crippen molar-refractivity contribution >= 4 is 11.7 Å². The van der Waals surface area contributed by atoms with E-state index in [2.05, 4.69) is 46.3 Å². The molecule has 4 nitrogen and oxygen atoms in total. The number of piperazine rings is 1. The Labute approximate surface area is 166 Å². The lowest BCUT2D eigenvalue weighted by Gasteiger charge is -2.31. The van der Waals surface area contributed by atoms with Crippen molar-refractivity contribution in [2.24, 2.45) is 0 Å². The van der Waals surface area contributed by atoms with Gasteiger partial charge in [-0.3, -0.25) is 9.69 Å². The van der Waals surface area contributed by atoms with Crippen LogP contribution in [0.25, 0.3) is 0 Å². The molecule has 1 aromatic heterocycles. The molecule has 2 aromatic carbocycles. The number of nitrogens with one attached hydrogen (secondary N) is 1. The predicted octanol–water partition coefficient (Wildman–Crippen LogP) is 3.25. The first-order valence-corrected chi connectivity index (χ1v) is 9.94. The van der Waals surface area contributed by atoms with E-state index in [1.54, 1.807) is 0 Å². The number of pyridine rings is 1. The van der Waals surface area contributed by atoms with Gasteiger partial charge in [0.15, 0.2) is 0 Å². The van der Waals surface area contributed by atoms with Gasteiger partial charge in [-0.25, -0.2) is 4.98 Å². The van der Waals surface area contributed by atoms with Gasteiger partial charge < -0.3 is 4.90 Å². The Morgan fingerprint density at radius 2 is 1.50 bits per heavy atom. The van der Waals surface area contributed by atoms with Crippen molar-refractivity contribution in [3.05, 3.63) is 95.7 Å². The summed E-state index contributed by atoms with van der Waals surface area (Å²) in [5.41, 5.74) is 3.28. The first-order valence-electron chi connectivity index (χ1n) is 9.94. The molecule has 0 bridgehead atoms. The van der Waals surface area contributed by atoms with Crippen LogP contribution in [0.1, 0.15) is 21.5 Å². The van der Waals surface area contributed by atoms with Crippen LogP contribution in [0.3, 0.4) is 0 Å². The Bertz CT molecular complexity index is 903. The van der Waals surface area contributed by atoms with Crippen LogP contribution in [-0.2, 0) is 12.8 Å². The molecule has 1 N–H and O–H groups in total. The van der Waals surface area contributed by atoms with E-state index >= 15 is 0 Å². The van der Waals surface area contributed by atoms with Crippen molar-refractivity contribution in [2.75, 3.05) is 31.1 Å². The van der Waals surface area contributed by atoms with Gasteiger partial charge >= 0.3 is 0 Å². The molecule has 4 rings (SSSR count). The summed E-state index contributed by atoms with van der Waals surface area (Å²) < 4.78 is 0. The van der Waals surface area contributed by atoms with Gasteiger partial charge in [0.05, 0.1) is 19.3 Å². The average Bonchev–Trinajstić information content (AvgIpc) is 2.79. The highest BCUT2D eigenvalue weighted by Crippen LogP contribution is 2.17. The van der Waals surface area contributed by atoms with Crippen LogP contribution in [0.4, 0.5) is 5.82 Å². The number of aromatic amines is 1. The third-order valence-corrected chi connectivity index (χ3v) is 5.37. The SMILES string of the molecule is O=C(c1ccccc1CCc1ccccc1)N1CCN(c2cccc[nH+]2)CC1. The fraction of sp³-hybridized carbons (Fsp3) is 0.250. The van der Waals surface area contributed by atoms with Gasteiger partial charge in [-0.15, -0.1) is 0 Å². The molecule has 1 amide bonds. The largest absolute Gasteiger partial charge is 0.331 e. The first-order chi connectivity index (χ1) is 13.8.